The summed E-state index contributed by atoms with van der Waals surface area (Å²) >= 11 is 0. The average molecular weight is 249 g/mol. The van der Waals surface area contributed by atoms with Crippen LogP contribution in [0.15, 0.2) is 6.33 Å². The summed E-state index contributed by atoms with van der Waals surface area (Å²) in [5, 5.41) is 3.43. The number of hydrogen-bond donors (Lipinski definition) is 1. The summed E-state index contributed by atoms with van der Waals surface area (Å²) in [5.41, 5.74) is 2.58. The summed E-state index contributed by atoms with van der Waals surface area (Å²) in [6.07, 6.45) is 8.75. The van der Waals surface area contributed by atoms with Crippen molar-refractivity contribution in [2.24, 2.45) is 0 Å². The zero-order valence-corrected chi connectivity index (χ0v) is 11.2. The number of nitrogens with one attached hydrogen (secondary N) is 1. The van der Waals surface area contributed by atoms with Gasteiger partial charge in [-0.15, -0.1) is 0 Å². The molecule has 0 radical (unpaired) electrons. The van der Waals surface area contributed by atoms with Crippen LogP contribution in [0.25, 0.3) is 0 Å². The third kappa shape index (κ3) is 3.67. The lowest BCUT2D eigenvalue weighted by atomic mass is 10.1. The van der Waals surface area contributed by atoms with Crippen molar-refractivity contribution in [3.05, 3.63) is 17.6 Å². The highest BCUT2D eigenvalue weighted by Gasteiger charge is 2.13. The van der Waals surface area contributed by atoms with Crippen molar-refractivity contribution in [1.29, 1.82) is 0 Å². The molecular weight excluding hydrogens is 226 g/mol. The molecule has 0 atom stereocenters. The summed E-state index contributed by atoms with van der Waals surface area (Å²) in [4.78, 5) is 8.81. The predicted molar refractivity (Wildman–Crippen MR) is 72.9 cm³/mol. The molecule has 1 heterocycles. The van der Waals surface area contributed by atoms with Crippen molar-refractivity contribution in [3.63, 3.8) is 0 Å². The van der Waals surface area contributed by atoms with Gasteiger partial charge in [-0.2, -0.15) is 0 Å². The molecule has 0 aromatic carbocycles. The molecule has 2 rings (SSSR count). The largest absolute Gasteiger partial charge is 0.382 e. The Kier molecular flexibility index (Phi) is 5.39. The second kappa shape index (κ2) is 7.31. The van der Waals surface area contributed by atoms with Crippen molar-refractivity contribution in [2.45, 2.75) is 45.4 Å². The minimum Gasteiger partial charge on any atom is -0.382 e. The number of ether oxygens (including phenoxy) is 1. The van der Waals surface area contributed by atoms with Crippen LogP contribution in [0.4, 0.5) is 5.82 Å². The van der Waals surface area contributed by atoms with Gasteiger partial charge in [0.25, 0.3) is 0 Å². The topological polar surface area (TPSA) is 47.0 Å². The van der Waals surface area contributed by atoms with Crippen LogP contribution in [-0.2, 0) is 17.6 Å². The summed E-state index contributed by atoms with van der Waals surface area (Å²) < 4.78 is 5.33. The first kappa shape index (κ1) is 13.3. The van der Waals surface area contributed by atoms with Gasteiger partial charge in [0, 0.05) is 31.0 Å². The first-order valence-corrected chi connectivity index (χ1v) is 7.06. The van der Waals surface area contributed by atoms with Crippen molar-refractivity contribution >= 4 is 5.82 Å². The zero-order chi connectivity index (χ0) is 12.6. The first-order valence-electron chi connectivity index (χ1n) is 7.06. The fraction of sp³-hybridized carbons (Fsp3) is 0.714. The van der Waals surface area contributed by atoms with Gasteiger partial charge in [-0.25, -0.2) is 9.97 Å². The maximum Gasteiger partial charge on any atom is 0.132 e. The fourth-order valence-corrected chi connectivity index (χ4v) is 2.38. The standard InChI is InChI=1S/C14H23N3O/c1-2-18-10-6-9-15-14-12-7-4-3-5-8-13(12)16-11-17-14/h11H,2-10H2,1H3,(H,15,16,17). The van der Waals surface area contributed by atoms with E-state index in [0.29, 0.717) is 0 Å². The van der Waals surface area contributed by atoms with Crippen molar-refractivity contribution in [1.82, 2.24) is 9.97 Å². The van der Waals surface area contributed by atoms with Crippen LogP contribution in [0, 0.1) is 0 Å². The number of aryl methyl sites for hydroxylation is 1. The number of rotatable bonds is 6. The Balaban J connectivity index is 1.91. The highest BCUT2D eigenvalue weighted by Crippen LogP contribution is 2.23. The molecule has 0 bridgehead atoms. The van der Waals surface area contributed by atoms with Gasteiger partial charge in [0.1, 0.15) is 12.1 Å². The normalized spacial score (nSPS) is 14.9. The molecule has 18 heavy (non-hydrogen) atoms. The first-order chi connectivity index (χ1) is 8.92. The van der Waals surface area contributed by atoms with E-state index in [1.54, 1.807) is 6.33 Å². The Bertz CT molecular complexity index is 368. The molecule has 1 aromatic heterocycles. The lowest BCUT2D eigenvalue weighted by molar-refractivity contribution is 0.147. The third-order valence-electron chi connectivity index (χ3n) is 3.34. The Morgan fingerprint density at radius 3 is 3.00 bits per heavy atom. The molecule has 0 amide bonds. The van der Waals surface area contributed by atoms with Crippen LogP contribution in [0.5, 0.6) is 0 Å². The van der Waals surface area contributed by atoms with Crippen LogP contribution in [-0.4, -0.2) is 29.7 Å². The van der Waals surface area contributed by atoms with Crippen molar-refractivity contribution in [2.75, 3.05) is 25.1 Å². The van der Waals surface area contributed by atoms with Crippen molar-refractivity contribution in [3.8, 4) is 0 Å². The number of anilines is 1. The molecule has 4 heteroatoms. The van der Waals surface area contributed by atoms with E-state index in [0.717, 1.165) is 44.8 Å². The van der Waals surface area contributed by atoms with Crippen LogP contribution in [0.2, 0.25) is 0 Å². The summed E-state index contributed by atoms with van der Waals surface area (Å²) in [6, 6.07) is 0. The van der Waals surface area contributed by atoms with Gasteiger partial charge in [0.05, 0.1) is 0 Å². The van der Waals surface area contributed by atoms with E-state index in [1.807, 2.05) is 6.92 Å². The van der Waals surface area contributed by atoms with E-state index in [1.165, 1.54) is 30.5 Å². The van der Waals surface area contributed by atoms with Crippen molar-refractivity contribution < 1.29 is 4.74 Å². The SMILES string of the molecule is CCOCCCNc1ncnc2c1CCCCC2. The van der Waals surface area contributed by atoms with E-state index in [4.69, 9.17) is 4.74 Å². The monoisotopic (exact) mass is 249 g/mol. The third-order valence-corrected chi connectivity index (χ3v) is 3.34. The molecule has 100 valence electrons. The number of aromatic nitrogens is 2. The van der Waals surface area contributed by atoms with Crippen LogP contribution in [0.1, 0.15) is 43.9 Å². The van der Waals surface area contributed by atoms with E-state index in [2.05, 4.69) is 15.3 Å². The van der Waals surface area contributed by atoms with Gasteiger partial charge in [-0.3, -0.25) is 0 Å². The summed E-state index contributed by atoms with van der Waals surface area (Å²) in [5.74, 6) is 1.04. The molecule has 0 fully saturated rings. The number of nitrogens with zero attached hydrogens (tertiary/aromatic N) is 2. The molecule has 0 aliphatic heterocycles. The van der Waals surface area contributed by atoms with Gasteiger partial charge in [0.2, 0.25) is 0 Å². The molecule has 0 spiro atoms. The average Bonchev–Trinajstić information content (AvgIpc) is 2.64. The molecule has 1 aromatic rings. The lowest BCUT2D eigenvalue weighted by Gasteiger charge is -2.12. The maximum absolute atomic E-state index is 5.33. The number of hydrogen-bond acceptors (Lipinski definition) is 4. The molecule has 4 nitrogen and oxygen atoms in total. The van der Waals surface area contributed by atoms with Gasteiger partial charge in [-0.05, 0) is 39.0 Å². The molecule has 1 N–H and O–H groups in total. The van der Waals surface area contributed by atoms with Gasteiger partial charge < -0.3 is 10.1 Å². The Morgan fingerprint density at radius 1 is 1.22 bits per heavy atom. The Hall–Kier alpha value is -1.16. The highest BCUT2D eigenvalue weighted by molar-refractivity contribution is 5.46. The van der Waals surface area contributed by atoms with E-state index >= 15 is 0 Å². The predicted octanol–water partition coefficient (Wildman–Crippen LogP) is 2.58. The Morgan fingerprint density at radius 2 is 2.11 bits per heavy atom. The molecule has 1 aliphatic carbocycles. The van der Waals surface area contributed by atoms with Gasteiger partial charge in [-0.1, -0.05) is 6.42 Å². The second-order valence-electron chi connectivity index (χ2n) is 4.69. The van der Waals surface area contributed by atoms with Gasteiger partial charge >= 0.3 is 0 Å². The second-order valence-corrected chi connectivity index (χ2v) is 4.69. The number of fused-ring (bicyclic) bond motifs is 1. The zero-order valence-electron chi connectivity index (χ0n) is 11.2. The van der Waals surface area contributed by atoms with Gasteiger partial charge in [0.15, 0.2) is 0 Å². The maximum atomic E-state index is 5.33. The van der Waals surface area contributed by atoms with E-state index < -0.39 is 0 Å². The summed E-state index contributed by atoms with van der Waals surface area (Å²) in [6.45, 7) is 4.56. The lowest BCUT2D eigenvalue weighted by Crippen LogP contribution is -2.10. The van der Waals surface area contributed by atoms with E-state index in [-0.39, 0.29) is 0 Å². The smallest absolute Gasteiger partial charge is 0.132 e. The Labute approximate surface area is 109 Å². The van der Waals surface area contributed by atoms with E-state index in [9.17, 15) is 0 Å². The molecule has 1 aliphatic rings. The molecule has 0 saturated carbocycles. The van der Waals surface area contributed by atoms with Crippen LogP contribution < -0.4 is 5.32 Å². The minimum absolute atomic E-state index is 0.795. The molecule has 0 saturated heterocycles. The summed E-state index contributed by atoms with van der Waals surface area (Å²) in [7, 11) is 0. The quantitative estimate of drug-likeness (QED) is 0.622. The molecular formula is C14H23N3O. The fourth-order valence-electron chi connectivity index (χ4n) is 2.38. The minimum atomic E-state index is 0.795. The van der Waals surface area contributed by atoms with Crippen LogP contribution >= 0.6 is 0 Å². The van der Waals surface area contributed by atoms with Crippen LogP contribution in [0.3, 0.4) is 0 Å². The molecule has 0 unspecified atom stereocenters. The highest BCUT2D eigenvalue weighted by atomic mass is 16.5.